The normalized spacial score (nSPS) is 15.7. The van der Waals surface area contributed by atoms with Crippen LogP contribution < -0.4 is 11.2 Å². The molecule has 15 heavy (non-hydrogen) atoms. The van der Waals surface area contributed by atoms with Gasteiger partial charge in [0.05, 0.1) is 5.39 Å². The SMILES string of the molecule is O=c1[nH]c2ncccc2c(=O)n1C1CC1. The smallest absolute Gasteiger partial charge is 0.291 e. The molecule has 1 N–H and O–H groups in total. The van der Waals surface area contributed by atoms with Gasteiger partial charge < -0.3 is 0 Å². The van der Waals surface area contributed by atoms with E-state index in [4.69, 9.17) is 0 Å². The first kappa shape index (κ1) is 8.40. The third-order valence-electron chi connectivity index (χ3n) is 2.61. The van der Waals surface area contributed by atoms with Crippen molar-refractivity contribution in [2.45, 2.75) is 18.9 Å². The molecule has 0 spiro atoms. The first-order chi connectivity index (χ1) is 7.27. The predicted molar refractivity (Wildman–Crippen MR) is 54.9 cm³/mol. The molecule has 0 saturated heterocycles. The van der Waals surface area contributed by atoms with E-state index in [0.717, 1.165) is 12.8 Å². The van der Waals surface area contributed by atoms with Crippen LogP contribution in [-0.4, -0.2) is 14.5 Å². The molecule has 0 aliphatic heterocycles. The maximum atomic E-state index is 11.9. The molecule has 2 heterocycles. The van der Waals surface area contributed by atoms with Crippen LogP contribution in [0.1, 0.15) is 18.9 Å². The first-order valence-corrected chi connectivity index (χ1v) is 4.87. The van der Waals surface area contributed by atoms with E-state index in [0.29, 0.717) is 11.0 Å². The van der Waals surface area contributed by atoms with Crippen LogP contribution in [-0.2, 0) is 0 Å². The van der Waals surface area contributed by atoms with Gasteiger partial charge in [-0.3, -0.25) is 14.3 Å². The van der Waals surface area contributed by atoms with Crippen molar-refractivity contribution < 1.29 is 0 Å². The maximum Gasteiger partial charge on any atom is 0.330 e. The zero-order valence-electron chi connectivity index (χ0n) is 7.93. The summed E-state index contributed by atoms with van der Waals surface area (Å²) in [7, 11) is 0. The Bertz CT molecular complexity index is 637. The summed E-state index contributed by atoms with van der Waals surface area (Å²) in [6, 6.07) is 3.46. The van der Waals surface area contributed by atoms with Gasteiger partial charge >= 0.3 is 5.69 Å². The van der Waals surface area contributed by atoms with Crippen molar-refractivity contribution in [1.82, 2.24) is 14.5 Å². The third-order valence-corrected chi connectivity index (χ3v) is 2.61. The molecule has 0 unspecified atom stereocenters. The molecule has 0 bridgehead atoms. The molecule has 5 heteroatoms. The van der Waals surface area contributed by atoms with Crippen LogP contribution in [0.4, 0.5) is 0 Å². The van der Waals surface area contributed by atoms with E-state index in [-0.39, 0.29) is 17.3 Å². The highest BCUT2D eigenvalue weighted by molar-refractivity contribution is 5.72. The topological polar surface area (TPSA) is 67.8 Å². The third kappa shape index (κ3) is 1.20. The highest BCUT2D eigenvalue weighted by Gasteiger charge is 2.27. The molecule has 2 aromatic rings. The van der Waals surface area contributed by atoms with Gasteiger partial charge in [0.15, 0.2) is 0 Å². The molecule has 1 fully saturated rings. The van der Waals surface area contributed by atoms with Crippen LogP contribution in [0.25, 0.3) is 11.0 Å². The number of rotatable bonds is 1. The zero-order chi connectivity index (χ0) is 10.4. The molecular formula is C10H9N3O2. The predicted octanol–water partition coefficient (Wildman–Crippen LogP) is 0.420. The molecule has 0 radical (unpaired) electrons. The fourth-order valence-electron chi connectivity index (χ4n) is 1.73. The van der Waals surface area contributed by atoms with Crippen LogP contribution in [0.3, 0.4) is 0 Å². The van der Waals surface area contributed by atoms with Gasteiger partial charge in [-0.1, -0.05) is 0 Å². The molecule has 1 saturated carbocycles. The monoisotopic (exact) mass is 203 g/mol. The lowest BCUT2D eigenvalue weighted by Crippen LogP contribution is -2.34. The Hall–Kier alpha value is -1.91. The van der Waals surface area contributed by atoms with Crippen LogP contribution in [0.5, 0.6) is 0 Å². The van der Waals surface area contributed by atoms with Crippen molar-refractivity contribution in [1.29, 1.82) is 0 Å². The number of aromatic nitrogens is 3. The summed E-state index contributed by atoms with van der Waals surface area (Å²) in [6.45, 7) is 0. The number of nitrogens with zero attached hydrogens (tertiary/aromatic N) is 2. The van der Waals surface area contributed by atoms with Crippen LogP contribution in [0, 0.1) is 0 Å². The quantitative estimate of drug-likeness (QED) is 0.730. The van der Waals surface area contributed by atoms with Gasteiger partial charge in [0.1, 0.15) is 5.65 Å². The Balaban J connectivity index is 2.47. The molecule has 0 atom stereocenters. The van der Waals surface area contributed by atoms with Crippen LogP contribution >= 0.6 is 0 Å². The van der Waals surface area contributed by atoms with E-state index < -0.39 is 0 Å². The molecule has 3 rings (SSSR count). The van der Waals surface area contributed by atoms with Gasteiger partial charge in [-0.15, -0.1) is 0 Å². The number of hydrogen-bond donors (Lipinski definition) is 1. The van der Waals surface area contributed by atoms with Gasteiger partial charge in [-0.25, -0.2) is 9.78 Å². The van der Waals surface area contributed by atoms with E-state index >= 15 is 0 Å². The number of fused-ring (bicyclic) bond motifs is 1. The van der Waals surface area contributed by atoms with E-state index in [1.54, 1.807) is 18.3 Å². The number of aromatic amines is 1. The van der Waals surface area contributed by atoms with Crippen molar-refractivity contribution in [3.8, 4) is 0 Å². The summed E-state index contributed by atoms with van der Waals surface area (Å²) in [5.41, 5.74) is -0.220. The van der Waals surface area contributed by atoms with Crippen LogP contribution in [0.2, 0.25) is 0 Å². The second-order valence-electron chi connectivity index (χ2n) is 3.74. The summed E-state index contributed by atoms with van der Waals surface area (Å²) < 4.78 is 1.30. The Morgan fingerprint density at radius 3 is 2.93 bits per heavy atom. The van der Waals surface area contributed by atoms with Crippen molar-refractivity contribution in [2.24, 2.45) is 0 Å². The minimum Gasteiger partial charge on any atom is -0.291 e. The van der Waals surface area contributed by atoms with Crippen molar-refractivity contribution >= 4 is 11.0 Å². The molecule has 0 amide bonds. The summed E-state index contributed by atoms with van der Waals surface area (Å²) in [6.07, 6.45) is 3.38. The van der Waals surface area contributed by atoms with Crippen LogP contribution in [0.15, 0.2) is 27.9 Å². The number of pyridine rings is 1. The first-order valence-electron chi connectivity index (χ1n) is 4.87. The number of hydrogen-bond acceptors (Lipinski definition) is 3. The van der Waals surface area contributed by atoms with Gasteiger partial charge in [-0.2, -0.15) is 0 Å². The van der Waals surface area contributed by atoms with Crippen molar-refractivity contribution in [3.05, 3.63) is 39.2 Å². The molecule has 1 aliphatic rings. The van der Waals surface area contributed by atoms with Crippen molar-refractivity contribution in [2.75, 3.05) is 0 Å². The molecular weight excluding hydrogens is 194 g/mol. The lowest BCUT2D eigenvalue weighted by Gasteiger charge is -2.02. The average Bonchev–Trinajstić information content (AvgIpc) is 3.02. The summed E-state index contributed by atoms with van der Waals surface area (Å²) in [5.74, 6) is 0. The van der Waals surface area contributed by atoms with E-state index in [1.165, 1.54) is 4.57 Å². The van der Waals surface area contributed by atoms with Crippen molar-refractivity contribution in [3.63, 3.8) is 0 Å². The highest BCUT2D eigenvalue weighted by atomic mass is 16.2. The standard InChI is InChI=1S/C10H9N3O2/c14-9-7-2-1-5-11-8(7)12-10(15)13(9)6-3-4-6/h1-2,5-6H,3-4H2,(H,11,12,15). The molecule has 1 aliphatic carbocycles. The maximum absolute atomic E-state index is 11.9. The van der Waals surface area contributed by atoms with Gasteiger partial charge in [0, 0.05) is 12.2 Å². The Kier molecular flexibility index (Phi) is 1.56. The molecule has 5 nitrogen and oxygen atoms in total. The van der Waals surface area contributed by atoms with E-state index in [1.807, 2.05) is 0 Å². The van der Waals surface area contributed by atoms with Gasteiger partial charge in [0.2, 0.25) is 0 Å². The van der Waals surface area contributed by atoms with E-state index in [9.17, 15) is 9.59 Å². The highest BCUT2D eigenvalue weighted by Crippen LogP contribution is 2.32. The second kappa shape index (κ2) is 2.79. The van der Waals surface area contributed by atoms with E-state index in [2.05, 4.69) is 9.97 Å². The Morgan fingerprint density at radius 1 is 1.40 bits per heavy atom. The second-order valence-corrected chi connectivity index (χ2v) is 3.74. The van der Waals surface area contributed by atoms with Gasteiger partial charge in [0.25, 0.3) is 5.56 Å². The zero-order valence-corrected chi connectivity index (χ0v) is 7.93. The summed E-state index contributed by atoms with van der Waals surface area (Å²) in [4.78, 5) is 30.1. The molecule has 2 aromatic heterocycles. The largest absolute Gasteiger partial charge is 0.330 e. The summed E-state index contributed by atoms with van der Waals surface area (Å²) >= 11 is 0. The summed E-state index contributed by atoms with van der Waals surface area (Å²) in [5, 5.41) is 0.476. The fraction of sp³-hybridized carbons (Fsp3) is 0.300. The minimum absolute atomic E-state index is 0.0888. The lowest BCUT2D eigenvalue weighted by molar-refractivity contribution is 0.664. The fourth-order valence-corrected chi connectivity index (χ4v) is 1.73. The molecule has 0 aromatic carbocycles. The average molecular weight is 203 g/mol. The Morgan fingerprint density at radius 2 is 2.20 bits per heavy atom. The molecule has 76 valence electrons. The van der Waals surface area contributed by atoms with Gasteiger partial charge in [-0.05, 0) is 25.0 Å². The number of H-pyrrole nitrogens is 1. The minimum atomic E-state index is -0.353. The number of nitrogens with one attached hydrogen (secondary N) is 1. The Labute approximate surface area is 84.4 Å². The lowest BCUT2D eigenvalue weighted by atomic mass is 10.3.